The van der Waals surface area contributed by atoms with E-state index in [1.807, 2.05) is 0 Å². The maximum atomic E-state index is 14.1. The van der Waals surface area contributed by atoms with Gasteiger partial charge in [0.2, 0.25) is 0 Å². The van der Waals surface area contributed by atoms with Crippen molar-refractivity contribution in [2.45, 2.75) is 46.8 Å². The number of benzene rings is 1. The molecule has 0 N–H and O–H groups in total. The van der Waals surface area contributed by atoms with E-state index in [4.69, 9.17) is 9.47 Å². The number of halogens is 1. The van der Waals surface area contributed by atoms with Gasteiger partial charge in [-0.25, -0.2) is 29.0 Å². The molecular weight excluding hydrogens is 541 g/mol. The minimum atomic E-state index is -0.963. The average Bonchev–Trinajstić information content (AvgIpc) is 3.24. The molecule has 0 aliphatic carbocycles. The summed E-state index contributed by atoms with van der Waals surface area (Å²) >= 11 is 1.06. The Balaban J connectivity index is 1.97. The van der Waals surface area contributed by atoms with Gasteiger partial charge in [0, 0.05) is 19.4 Å². The summed E-state index contributed by atoms with van der Waals surface area (Å²) in [7, 11) is 1.22. The van der Waals surface area contributed by atoms with E-state index in [9.17, 15) is 23.6 Å². The molecule has 0 saturated heterocycles. The summed E-state index contributed by atoms with van der Waals surface area (Å²) in [6.45, 7) is 7.97. The molecule has 4 rings (SSSR count). The summed E-state index contributed by atoms with van der Waals surface area (Å²) in [5, 5.41) is 0.861. The van der Waals surface area contributed by atoms with Gasteiger partial charge in [0.25, 0.3) is 5.56 Å². The van der Waals surface area contributed by atoms with Crippen molar-refractivity contribution in [1.82, 2.24) is 19.2 Å². The summed E-state index contributed by atoms with van der Waals surface area (Å²) in [5.74, 6) is -0.825. The number of amides is 1. The molecule has 210 valence electrons. The standard InChI is InChI=1S/C27H28FN5O6S/c1-7-38-19-10-9-16(28)13-17(19)18(34)14-32-24-20(15(2)21(40-24)22-29-11-8-12-30-22)23(35)33(25(32)36)31(6)26(37)39-27(3,4)5/h8-13H,7,14H2,1-6H3. The smallest absolute Gasteiger partial charge is 0.429 e. The minimum absolute atomic E-state index is 0.0694. The number of fused-ring (bicyclic) bond motifs is 1. The lowest BCUT2D eigenvalue weighted by atomic mass is 10.1. The van der Waals surface area contributed by atoms with Crippen LogP contribution in [0.15, 0.2) is 46.2 Å². The zero-order chi connectivity index (χ0) is 29.4. The molecule has 3 aromatic heterocycles. The molecule has 3 heterocycles. The third-order valence-electron chi connectivity index (χ3n) is 5.76. The van der Waals surface area contributed by atoms with E-state index in [1.165, 1.54) is 25.5 Å². The van der Waals surface area contributed by atoms with Crippen molar-refractivity contribution < 1.29 is 23.5 Å². The molecule has 0 bridgehead atoms. The lowest BCUT2D eigenvalue weighted by molar-refractivity contribution is 0.0546. The van der Waals surface area contributed by atoms with E-state index in [2.05, 4.69) is 9.97 Å². The van der Waals surface area contributed by atoms with Crippen molar-refractivity contribution in [3.63, 3.8) is 0 Å². The fourth-order valence-electron chi connectivity index (χ4n) is 4.01. The van der Waals surface area contributed by atoms with Gasteiger partial charge in [-0.15, -0.1) is 11.3 Å². The van der Waals surface area contributed by atoms with Crippen LogP contribution in [0.3, 0.4) is 0 Å². The van der Waals surface area contributed by atoms with Gasteiger partial charge < -0.3 is 9.47 Å². The number of hydrogen-bond donors (Lipinski definition) is 0. The first kappa shape index (κ1) is 28.6. The summed E-state index contributed by atoms with van der Waals surface area (Å²) in [5.41, 5.74) is -2.26. The number of ketones is 1. The van der Waals surface area contributed by atoms with Crippen LogP contribution in [0.2, 0.25) is 0 Å². The van der Waals surface area contributed by atoms with Crippen molar-refractivity contribution >= 4 is 33.4 Å². The van der Waals surface area contributed by atoms with Gasteiger partial charge in [0.15, 0.2) is 11.6 Å². The first-order valence-corrected chi connectivity index (χ1v) is 13.1. The molecule has 4 aromatic rings. The van der Waals surface area contributed by atoms with Crippen LogP contribution in [0.25, 0.3) is 20.9 Å². The Kier molecular flexibility index (Phi) is 7.87. The van der Waals surface area contributed by atoms with Crippen LogP contribution in [0.1, 0.15) is 43.6 Å². The monoisotopic (exact) mass is 569 g/mol. The number of hydrogen-bond acceptors (Lipinski definition) is 9. The second-order valence-corrected chi connectivity index (χ2v) is 10.8. The van der Waals surface area contributed by atoms with Crippen molar-refractivity contribution in [3.05, 3.63) is 74.4 Å². The van der Waals surface area contributed by atoms with Gasteiger partial charge in [-0.3, -0.25) is 14.2 Å². The SMILES string of the molecule is CCOc1ccc(F)cc1C(=O)Cn1c(=O)n(N(C)C(=O)OC(C)(C)C)c(=O)c2c(C)c(-c3ncccn3)sc21. The normalized spacial score (nSPS) is 11.5. The topological polar surface area (TPSA) is 126 Å². The molecule has 1 aromatic carbocycles. The number of aromatic nitrogens is 4. The maximum Gasteiger partial charge on any atom is 0.429 e. The van der Waals surface area contributed by atoms with Crippen molar-refractivity contribution in [1.29, 1.82) is 0 Å². The molecule has 0 unspecified atom stereocenters. The Morgan fingerprint density at radius 1 is 1.15 bits per heavy atom. The van der Waals surface area contributed by atoms with Crippen LogP contribution in [0.4, 0.5) is 9.18 Å². The number of rotatable bonds is 7. The van der Waals surface area contributed by atoms with Crippen LogP contribution >= 0.6 is 11.3 Å². The summed E-state index contributed by atoms with van der Waals surface area (Å²) in [4.78, 5) is 63.1. The van der Waals surface area contributed by atoms with Gasteiger partial charge >= 0.3 is 11.8 Å². The highest BCUT2D eigenvalue weighted by molar-refractivity contribution is 7.22. The number of aryl methyl sites for hydroxylation is 1. The average molecular weight is 570 g/mol. The van der Waals surface area contributed by atoms with E-state index in [-0.39, 0.29) is 28.1 Å². The van der Waals surface area contributed by atoms with E-state index >= 15 is 0 Å². The van der Waals surface area contributed by atoms with Gasteiger partial charge in [0.1, 0.15) is 22.0 Å². The Morgan fingerprint density at radius 2 is 1.82 bits per heavy atom. The Bertz CT molecular complexity index is 1720. The first-order chi connectivity index (χ1) is 18.8. The summed E-state index contributed by atoms with van der Waals surface area (Å²) in [6, 6.07) is 5.17. The number of carbonyl (C=O) groups excluding carboxylic acids is 2. The predicted octanol–water partition coefficient (Wildman–Crippen LogP) is 3.91. The molecule has 0 spiro atoms. The van der Waals surface area contributed by atoms with E-state index in [0.29, 0.717) is 20.9 Å². The second kappa shape index (κ2) is 11.0. The quantitative estimate of drug-likeness (QED) is 0.307. The fraction of sp³-hybridized carbons (Fsp3) is 0.333. The number of ether oxygens (including phenoxy) is 2. The largest absolute Gasteiger partial charge is 0.493 e. The van der Waals surface area contributed by atoms with Crippen LogP contribution in [0, 0.1) is 12.7 Å². The van der Waals surface area contributed by atoms with Crippen LogP contribution < -0.4 is 21.0 Å². The molecular formula is C27H28FN5O6S. The highest BCUT2D eigenvalue weighted by Crippen LogP contribution is 2.34. The van der Waals surface area contributed by atoms with Gasteiger partial charge in [-0.1, -0.05) is 0 Å². The first-order valence-electron chi connectivity index (χ1n) is 12.3. The number of thiophene rings is 1. The maximum absolute atomic E-state index is 14.1. The number of Topliss-reactive ketones (excluding diaryl/α,β-unsaturated/α-hetero) is 1. The van der Waals surface area contributed by atoms with E-state index in [1.54, 1.807) is 40.7 Å². The van der Waals surface area contributed by atoms with Crippen LogP contribution in [0.5, 0.6) is 5.75 Å². The number of nitrogens with zero attached hydrogens (tertiary/aromatic N) is 5. The molecule has 0 fully saturated rings. The second-order valence-electron chi connectivity index (χ2n) is 9.80. The minimum Gasteiger partial charge on any atom is -0.493 e. The molecule has 0 atom stereocenters. The molecule has 40 heavy (non-hydrogen) atoms. The van der Waals surface area contributed by atoms with Crippen molar-refractivity contribution in [2.75, 3.05) is 18.7 Å². The van der Waals surface area contributed by atoms with E-state index in [0.717, 1.165) is 33.0 Å². The Labute approximate surface area is 232 Å². The van der Waals surface area contributed by atoms with Crippen molar-refractivity contribution in [2.24, 2.45) is 0 Å². The summed E-state index contributed by atoms with van der Waals surface area (Å²) in [6.07, 6.45) is 2.12. The van der Waals surface area contributed by atoms with Crippen LogP contribution in [-0.2, 0) is 11.3 Å². The molecule has 0 radical (unpaired) electrons. The third kappa shape index (κ3) is 5.50. The molecule has 1 amide bonds. The Hall–Kier alpha value is -4.39. The molecule has 13 heteroatoms. The molecule has 0 aliphatic heterocycles. The van der Waals surface area contributed by atoms with E-state index < -0.39 is 41.1 Å². The van der Waals surface area contributed by atoms with Crippen molar-refractivity contribution in [3.8, 4) is 16.5 Å². The third-order valence-corrected chi connectivity index (χ3v) is 7.07. The van der Waals surface area contributed by atoms with Gasteiger partial charge in [0.05, 0.1) is 29.0 Å². The molecule has 0 aliphatic rings. The lowest BCUT2D eigenvalue weighted by Crippen LogP contribution is -2.54. The zero-order valence-corrected chi connectivity index (χ0v) is 23.7. The van der Waals surface area contributed by atoms with Gasteiger partial charge in [-0.05, 0) is 64.4 Å². The molecule has 0 saturated carbocycles. The highest BCUT2D eigenvalue weighted by atomic mass is 32.1. The lowest BCUT2D eigenvalue weighted by Gasteiger charge is -2.25. The predicted molar refractivity (Wildman–Crippen MR) is 148 cm³/mol. The van der Waals surface area contributed by atoms with Gasteiger partial charge in [-0.2, -0.15) is 4.68 Å². The fourth-order valence-corrected chi connectivity index (χ4v) is 5.25. The molecule has 11 nitrogen and oxygen atoms in total. The highest BCUT2D eigenvalue weighted by Gasteiger charge is 2.28. The summed E-state index contributed by atoms with van der Waals surface area (Å²) < 4.78 is 26.7. The Morgan fingerprint density at radius 3 is 2.45 bits per heavy atom. The van der Waals surface area contributed by atoms with Crippen LogP contribution in [-0.4, -0.2) is 50.3 Å². The zero-order valence-electron chi connectivity index (χ0n) is 22.9. The number of carbonyl (C=O) groups is 2.